The van der Waals surface area contributed by atoms with E-state index in [1.807, 2.05) is 0 Å². The van der Waals surface area contributed by atoms with Gasteiger partial charge in [0.1, 0.15) is 11.9 Å². The Balaban J connectivity index is 1.06. The second kappa shape index (κ2) is 15.6. The third kappa shape index (κ3) is 7.94. The van der Waals surface area contributed by atoms with Crippen LogP contribution in [0.4, 0.5) is 0 Å². The highest BCUT2D eigenvalue weighted by atomic mass is 16.5. The van der Waals surface area contributed by atoms with Gasteiger partial charge in [-0.2, -0.15) is 0 Å². The van der Waals surface area contributed by atoms with Crippen LogP contribution in [-0.4, -0.2) is 17.9 Å². The molecule has 0 aliphatic heterocycles. The molecule has 4 saturated carbocycles. The Kier molecular flexibility index (Phi) is 12.5. The molecule has 0 radical (unpaired) electrons. The van der Waals surface area contributed by atoms with E-state index in [0.29, 0.717) is 29.5 Å². The van der Waals surface area contributed by atoms with Crippen LogP contribution in [0.3, 0.4) is 0 Å². The number of ketones is 1. The summed E-state index contributed by atoms with van der Waals surface area (Å²) in [5.74, 6) is 3.42. The minimum absolute atomic E-state index is 0.0603. The highest BCUT2D eigenvalue weighted by Crippen LogP contribution is 2.66. The summed E-state index contributed by atoms with van der Waals surface area (Å²) < 4.78 is 6.24. The van der Waals surface area contributed by atoms with E-state index < -0.39 is 0 Å². The van der Waals surface area contributed by atoms with Crippen molar-refractivity contribution < 1.29 is 14.3 Å². The zero-order valence-electron chi connectivity index (χ0n) is 26.8. The van der Waals surface area contributed by atoms with Crippen molar-refractivity contribution >= 4 is 11.8 Å². The molecular formula is C37H64O3. The number of unbranched alkanes of at least 4 members (excludes halogenated alkanes) is 14. The normalized spacial score (nSPS) is 35.2. The smallest absolute Gasteiger partial charge is 0.306 e. The number of hydrogen-bond donors (Lipinski definition) is 0. The average Bonchev–Trinajstić information content (AvgIpc) is 3.27. The Bertz CT molecular complexity index is 790. The molecule has 40 heavy (non-hydrogen) atoms. The number of rotatable bonds is 17. The molecule has 230 valence electrons. The monoisotopic (exact) mass is 556 g/mol. The molecule has 4 fully saturated rings. The maximum Gasteiger partial charge on any atom is 0.306 e. The quantitative estimate of drug-likeness (QED) is 0.132. The van der Waals surface area contributed by atoms with Crippen molar-refractivity contribution in [2.45, 2.75) is 187 Å². The molecule has 0 unspecified atom stereocenters. The Labute approximate surface area is 247 Å². The van der Waals surface area contributed by atoms with Gasteiger partial charge in [0, 0.05) is 24.7 Å². The molecule has 3 nitrogen and oxygen atoms in total. The summed E-state index contributed by atoms with van der Waals surface area (Å²) in [4.78, 5) is 25.0. The minimum atomic E-state index is 0.0603. The average molecular weight is 557 g/mol. The van der Waals surface area contributed by atoms with E-state index in [1.165, 1.54) is 122 Å². The van der Waals surface area contributed by atoms with Crippen molar-refractivity contribution in [3.8, 4) is 0 Å². The van der Waals surface area contributed by atoms with Gasteiger partial charge >= 0.3 is 5.97 Å². The lowest BCUT2D eigenvalue weighted by Crippen LogP contribution is -2.54. The standard InChI is InChI=1S/C37H64O3/c1-4-5-6-7-8-9-10-11-12-13-14-15-16-17-18-19-35(39)40-34-23-22-32-31-21-20-29-28-30(38)24-26-36(29,2)33(31)25-27-37(32,34)3/h29,31-34H,4-28H2,1-3H3/t29-,31-,32-,33-,34+,36-,37-/m0/s1. The van der Waals surface area contributed by atoms with E-state index in [-0.39, 0.29) is 17.5 Å². The Morgan fingerprint density at radius 3 is 1.90 bits per heavy atom. The number of ether oxygens (including phenoxy) is 1. The van der Waals surface area contributed by atoms with Crippen molar-refractivity contribution in [2.24, 2.45) is 34.5 Å². The Morgan fingerprint density at radius 2 is 1.27 bits per heavy atom. The van der Waals surface area contributed by atoms with Crippen LogP contribution in [0.5, 0.6) is 0 Å². The van der Waals surface area contributed by atoms with Gasteiger partial charge in [-0.25, -0.2) is 0 Å². The van der Waals surface area contributed by atoms with Gasteiger partial charge in [-0.1, -0.05) is 111 Å². The van der Waals surface area contributed by atoms with Crippen molar-refractivity contribution in [1.29, 1.82) is 0 Å². The van der Waals surface area contributed by atoms with Crippen LogP contribution in [0, 0.1) is 34.5 Å². The molecule has 0 amide bonds. The molecule has 7 atom stereocenters. The van der Waals surface area contributed by atoms with Crippen LogP contribution in [0.2, 0.25) is 0 Å². The summed E-state index contributed by atoms with van der Waals surface area (Å²) in [6.07, 6.45) is 31.0. The van der Waals surface area contributed by atoms with Crippen LogP contribution in [0.1, 0.15) is 181 Å². The molecule has 3 heteroatoms. The van der Waals surface area contributed by atoms with Gasteiger partial charge in [-0.15, -0.1) is 0 Å². The van der Waals surface area contributed by atoms with Gasteiger partial charge in [0.15, 0.2) is 0 Å². The first-order valence-electron chi connectivity index (χ1n) is 18.1. The van der Waals surface area contributed by atoms with Gasteiger partial charge in [0.05, 0.1) is 0 Å². The van der Waals surface area contributed by atoms with E-state index in [2.05, 4.69) is 20.8 Å². The molecule has 0 spiro atoms. The SMILES string of the molecule is CCCCCCCCCCCCCCCCCC(=O)O[C@@H]1CC[C@H]2[C@@H]3CC[C@H]4CC(=O)CC[C@]4(C)[C@H]3CC[C@]12C. The van der Waals surface area contributed by atoms with Gasteiger partial charge < -0.3 is 4.74 Å². The first kappa shape index (κ1) is 32.1. The molecule has 0 bridgehead atoms. The van der Waals surface area contributed by atoms with Gasteiger partial charge in [-0.3, -0.25) is 9.59 Å². The topological polar surface area (TPSA) is 43.4 Å². The summed E-state index contributed by atoms with van der Waals surface area (Å²) in [5.41, 5.74) is 0.528. The lowest BCUT2D eigenvalue weighted by molar-refractivity contribution is -0.164. The van der Waals surface area contributed by atoms with Crippen LogP contribution < -0.4 is 0 Å². The molecular weight excluding hydrogens is 492 g/mol. The lowest BCUT2D eigenvalue weighted by Gasteiger charge is -2.60. The van der Waals surface area contributed by atoms with Crippen molar-refractivity contribution in [1.82, 2.24) is 0 Å². The predicted octanol–water partition coefficient (Wildman–Crippen LogP) is 10.8. The molecule has 0 aromatic heterocycles. The molecule has 4 aliphatic carbocycles. The van der Waals surface area contributed by atoms with E-state index in [4.69, 9.17) is 4.74 Å². The fourth-order valence-corrected chi connectivity index (χ4v) is 10.0. The summed E-state index contributed by atoms with van der Waals surface area (Å²) in [6.45, 7) is 7.26. The third-order valence-corrected chi connectivity index (χ3v) is 12.7. The number of fused-ring (bicyclic) bond motifs is 5. The molecule has 0 aromatic rings. The molecule has 4 aliphatic rings. The Hall–Kier alpha value is -0.860. The summed E-state index contributed by atoms with van der Waals surface area (Å²) in [5, 5.41) is 0. The zero-order valence-corrected chi connectivity index (χ0v) is 26.8. The van der Waals surface area contributed by atoms with E-state index in [0.717, 1.165) is 43.9 Å². The number of carbonyl (C=O) groups excluding carboxylic acids is 2. The highest BCUT2D eigenvalue weighted by Gasteiger charge is 2.61. The molecule has 0 saturated heterocycles. The molecule has 0 aromatic carbocycles. The van der Waals surface area contributed by atoms with Crippen LogP contribution >= 0.6 is 0 Å². The summed E-state index contributed by atoms with van der Waals surface area (Å²) >= 11 is 0. The number of Topliss-reactive ketones (excluding diaryl/α,β-unsaturated/α-hetero) is 1. The number of esters is 1. The summed E-state index contributed by atoms with van der Waals surface area (Å²) in [7, 11) is 0. The molecule has 4 rings (SSSR count). The zero-order chi connectivity index (χ0) is 28.4. The van der Waals surface area contributed by atoms with Crippen molar-refractivity contribution in [3.05, 3.63) is 0 Å². The fraction of sp³-hybridized carbons (Fsp3) is 0.946. The predicted molar refractivity (Wildman–Crippen MR) is 166 cm³/mol. The van der Waals surface area contributed by atoms with Crippen LogP contribution in [0.25, 0.3) is 0 Å². The van der Waals surface area contributed by atoms with Crippen LogP contribution in [0.15, 0.2) is 0 Å². The summed E-state index contributed by atoms with van der Waals surface area (Å²) in [6, 6.07) is 0. The first-order chi connectivity index (χ1) is 19.4. The van der Waals surface area contributed by atoms with Gasteiger partial charge in [0.25, 0.3) is 0 Å². The maximum absolute atomic E-state index is 12.8. The molecule has 0 N–H and O–H groups in total. The third-order valence-electron chi connectivity index (χ3n) is 12.7. The second-order valence-corrected chi connectivity index (χ2v) is 15.2. The fourth-order valence-electron chi connectivity index (χ4n) is 10.0. The number of hydrogen-bond acceptors (Lipinski definition) is 3. The van der Waals surface area contributed by atoms with E-state index in [9.17, 15) is 9.59 Å². The first-order valence-corrected chi connectivity index (χ1v) is 18.1. The van der Waals surface area contributed by atoms with Gasteiger partial charge in [0.2, 0.25) is 0 Å². The number of carbonyl (C=O) groups is 2. The lowest BCUT2D eigenvalue weighted by atomic mass is 9.45. The van der Waals surface area contributed by atoms with Crippen molar-refractivity contribution in [3.63, 3.8) is 0 Å². The van der Waals surface area contributed by atoms with E-state index in [1.54, 1.807) is 0 Å². The largest absolute Gasteiger partial charge is 0.462 e. The minimum Gasteiger partial charge on any atom is -0.462 e. The molecule has 0 heterocycles. The van der Waals surface area contributed by atoms with Crippen LogP contribution in [-0.2, 0) is 14.3 Å². The Morgan fingerprint density at radius 1 is 0.700 bits per heavy atom. The second-order valence-electron chi connectivity index (χ2n) is 15.2. The maximum atomic E-state index is 12.8. The van der Waals surface area contributed by atoms with Gasteiger partial charge in [-0.05, 0) is 80.5 Å². The van der Waals surface area contributed by atoms with E-state index >= 15 is 0 Å². The van der Waals surface area contributed by atoms with Crippen molar-refractivity contribution in [2.75, 3.05) is 0 Å². The highest BCUT2D eigenvalue weighted by molar-refractivity contribution is 5.79.